The van der Waals surface area contributed by atoms with E-state index in [0.29, 0.717) is 5.92 Å². The molecule has 1 rings (SSSR count). The van der Waals surface area contributed by atoms with Gasteiger partial charge in [-0.2, -0.15) is 0 Å². The molecule has 1 saturated heterocycles. The smallest absolute Gasteiger partial charge is 0.161 e. The van der Waals surface area contributed by atoms with E-state index in [1.807, 2.05) is 6.92 Å². The van der Waals surface area contributed by atoms with Gasteiger partial charge in [0.05, 0.1) is 6.17 Å². The number of aliphatic hydroxyl groups is 1. The molecule has 0 aromatic carbocycles. The summed E-state index contributed by atoms with van der Waals surface area (Å²) in [6, 6.07) is 0. The van der Waals surface area contributed by atoms with Gasteiger partial charge in [-0.3, -0.25) is 10.6 Å². The van der Waals surface area contributed by atoms with Crippen LogP contribution in [-0.4, -0.2) is 24.2 Å². The lowest BCUT2D eigenvalue weighted by atomic mass is 10.1. The highest BCUT2D eigenvalue weighted by Crippen LogP contribution is 2.00. The number of aliphatic hydroxyl groups excluding tert-OH is 1. The molecule has 0 aliphatic carbocycles. The Bertz CT molecular complexity index is 103. The highest BCUT2D eigenvalue weighted by atomic mass is 35.5. The quantitative estimate of drug-likeness (QED) is 0.366. The highest BCUT2D eigenvalue weighted by molar-refractivity contribution is 5.85. The zero-order valence-corrected chi connectivity index (χ0v) is 6.69. The van der Waals surface area contributed by atoms with Crippen molar-refractivity contribution in [2.45, 2.75) is 19.4 Å². The molecule has 0 aromatic rings. The fourth-order valence-corrected chi connectivity index (χ4v) is 0.830. The molecule has 3 atom stereocenters. The lowest BCUT2D eigenvalue weighted by Crippen LogP contribution is -2.61. The van der Waals surface area contributed by atoms with Gasteiger partial charge in [-0.1, -0.05) is 6.92 Å². The minimum Gasteiger partial charge on any atom is -0.365 e. The molecule has 0 amide bonds. The van der Waals surface area contributed by atoms with Gasteiger partial charge in [-0.25, -0.2) is 0 Å². The van der Waals surface area contributed by atoms with Crippen LogP contribution < -0.4 is 16.4 Å². The summed E-state index contributed by atoms with van der Waals surface area (Å²) in [5, 5.41) is 14.5. The van der Waals surface area contributed by atoms with E-state index >= 15 is 0 Å². The molecule has 10 heavy (non-hydrogen) atoms. The molecule has 0 saturated carbocycles. The minimum atomic E-state index is -0.629. The molecule has 0 aromatic heterocycles. The molecule has 3 unspecified atom stereocenters. The molecule has 1 heterocycles. The van der Waals surface area contributed by atoms with Gasteiger partial charge >= 0.3 is 0 Å². The average Bonchev–Trinajstić information content (AvgIpc) is 1.80. The van der Waals surface area contributed by atoms with Crippen LogP contribution in [0.25, 0.3) is 0 Å². The van der Waals surface area contributed by atoms with Gasteiger partial charge in [0.1, 0.15) is 0 Å². The number of halogens is 1. The zero-order chi connectivity index (χ0) is 6.85. The molecule has 4 nitrogen and oxygen atoms in total. The lowest BCUT2D eigenvalue weighted by molar-refractivity contribution is 0.0471. The van der Waals surface area contributed by atoms with E-state index in [-0.39, 0.29) is 18.6 Å². The van der Waals surface area contributed by atoms with Crippen LogP contribution in [0.5, 0.6) is 0 Å². The number of nitrogens with two attached hydrogens (primary N) is 1. The first kappa shape index (κ1) is 10.1. The van der Waals surface area contributed by atoms with Gasteiger partial charge in [0.15, 0.2) is 6.35 Å². The molecule has 62 valence electrons. The molecule has 5 N–H and O–H groups in total. The topological polar surface area (TPSA) is 70.3 Å². The second-order valence-electron chi connectivity index (χ2n) is 2.48. The summed E-state index contributed by atoms with van der Waals surface area (Å²) in [4.78, 5) is 0. The van der Waals surface area contributed by atoms with Crippen LogP contribution in [-0.2, 0) is 0 Å². The van der Waals surface area contributed by atoms with E-state index in [0.717, 1.165) is 6.54 Å². The second kappa shape index (κ2) is 4.10. The Labute approximate surface area is 66.6 Å². The summed E-state index contributed by atoms with van der Waals surface area (Å²) in [6.45, 7) is 2.80. The Morgan fingerprint density at radius 1 is 1.60 bits per heavy atom. The van der Waals surface area contributed by atoms with Crippen LogP contribution in [0.2, 0.25) is 0 Å². The SMILES string of the molecule is CC1CNC(O)NC1N.Cl. The Balaban J connectivity index is 0.000000810. The van der Waals surface area contributed by atoms with Crippen molar-refractivity contribution in [3.8, 4) is 0 Å². The van der Waals surface area contributed by atoms with Gasteiger partial charge in [-0.05, 0) is 5.92 Å². The summed E-state index contributed by atoms with van der Waals surface area (Å²) in [7, 11) is 0. The third-order valence-electron chi connectivity index (χ3n) is 1.60. The monoisotopic (exact) mass is 167 g/mol. The van der Waals surface area contributed by atoms with Crippen LogP contribution in [0.4, 0.5) is 0 Å². The maximum atomic E-state index is 8.90. The molecule has 0 bridgehead atoms. The van der Waals surface area contributed by atoms with Crippen molar-refractivity contribution in [1.82, 2.24) is 10.6 Å². The van der Waals surface area contributed by atoms with Crippen LogP contribution >= 0.6 is 12.4 Å². The average molecular weight is 168 g/mol. The maximum Gasteiger partial charge on any atom is 0.161 e. The molecule has 0 radical (unpaired) electrons. The third kappa shape index (κ3) is 2.40. The summed E-state index contributed by atoms with van der Waals surface area (Å²) in [5.74, 6) is 0.383. The van der Waals surface area contributed by atoms with Crippen LogP contribution in [0.1, 0.15) is 6.92 Å². The van der Waals surface area contributed by atoms with E-state index in [1.54, 1.807) is 0 Å². The third-order valence-corrected chi connectivity index (χ3v) is 1.60. The van der Waals surface area contributed by atoms with Crippen molar-refractivity contribution in [3.63, 3.8) is 0 Å². The Morgan fingerprint density at radius 2 is 2.20 bits per heavy atom. The van der Waals surface area contributed by atoms with E-state index in [4.69, 9.17) is 10.8 Å². The molecule has 5 heteroatoms. The molecule has 1 fully saturated rings. The van der Waals surface area contributed by atoms with Crippen molar-refractivity contribution in [2.24, 2.45) is 11.7 Å². The Kier molecular flexibility index (Phi) is 4.15. The van der Waals surface area contributed by atoms with Crippen molar-refractivity contribution in [2.75, 3.05) is 6.54 Å². The maximum absolute atomic E-state index is 8.90. The lowest BCUT2D eigenvalue weighted by Gasteiger charge is -2.31. The van der Waals surface area contributed by atoms with Crippen molar-refractivity contribution in [3.05, 3.63) is 0 Å². The fraction of sp³-hybridized carbons (Fsp3) is 1.00. The number of hydrogen-bond donors (Lipinski definition) is 4. The molecule has 1 aliphatic heterocycles. The first-order valence-corrected chi connectivity index (χ1v) is 3.13. The van der Waals surface area contributed by atoms with E-state index in [9.17, 15) is 0 Å². The molecule has 0 spiro atoms. The summed E-state index contributed by atoms with van der Waals surface area (Å²) in [6.07, 6.45) is -0.711. The van der Waals surface area contributed by atoms with E-state index in [2.05, 4.69) is 10.6 Å². The van der Waals surface area contributed by atoms with Gasteiger partial charge in [0.2, 0.25) is 0 Å². The molecule has 1 aliphatic rings. The first-order valence-electron chi connectivity index (χ1n) is 3.13. The van der Waals surface area contributed by atoms with Crippen molar-refractivity contribution in [1.29, 1.82) is 0 Å². The van der Waals surface area contributed by atoms with Gasteiger partial charge in [0.25, 0.3) is 0 Å². The van der Waals surface area contributed by atoms with Crippen LogP contribution in [0.15, 0.2) is 0 Å². The summed E-state index contributed by atoms with van der Waals surface area (Å²) >= 11 is 0. The predicted molar refractivity (Wildman–Crippen MR) is 41.5 cm³/mol. The second-order valence-corrected chi connectivity index (χ2v) is 2.48. The zero-order valence-electron chi connectivity index (χ0n) is 5.87. The van der Waals surface area contributed by atoms with Crippen molar-refractivity contribution >= 4 is 12.4 Å². The van der Waals surface area contributed by atoms with E-state index < -0.39 is 6.35 Å². The number of rotatable bonds is 0. The van der Waals surface area contributed by atoms with Crippen molar-refractivity contribution < 1.29 is 5.11 Å². The predicted octanol–water partition coefficient (Wildman–Crippen LogP) is -1.20. The summed E-state index contributed by atoms with van der Waals surface area (Å²) < 4.78 is 0. The molecular weight excluding hydrogens is 154 g/mol. The van der Waals surface area contributed by atoms with Gasteiger partial charge < -0.3 is 10.8 Å². The Hall–Kier alpha value is 0.130. The van der Waals surface area contributed by atoms with Crippen LogP contribution in [0, 0.1) is 5.92 Å². The van der Waals surface area contributed by atoms with E-state index in [1.165, 1.54) is 0 Å². The number of nitrogens with one attached hydrogen (secondary N) is 2. The largest absolute Gasteiger partial charge is 0.365 e. The summed E-state index contributed by atoms with van der Waals surface area (Å²) in [5.41, 5.74) is 5.56. The fourth-order valence-electron chi connectivity index (χ4n) is 0.830. The first-order chi connectivity index (χ1) is 4.20. The van der Waals surface area contributed by atoms with Gasteiger partial charge in [-0.15, -0.1) is 12.4 Å². The molecular formula is C5H14ClN3O. The normalized spacial score (nSPS) is 40.5. The number of hydrogen-bond acceptors (Lipinski definition) is 4. The highest BCUT2D eigenvalue weighted by Gasteiger charge is 2.20. The van der Waals surface area contributed by atoms with Crippen LogP contribution in [0.3, 0.4) is 0 Å². The minimum absolute atomic E-state index is 0. The standard InChI is InChI=1S/C5H13N3O.ClH/c1-3-2-7-5(9)8-4(3)6;/h3-5,7-9H,2,6H2,1H3;1H. The van der Waals surface area contributed by atoms with Gasteiger partial charge in [0, 0.05) is 6.54 Å². The Morgan fingerprint density at radius 3 is 2.60 bits per heavy atom.